The van der Waals surface area contributed by atoms with Crippen molar-refractivity contribution in [3.63, 3.8) is 0 Å². The molecule has 0 saturated carbocycles. The second kappa shape index (κ2) is 6.64. The largest absolute Gasteiger partial charge is 0.497 e. The Labute approximate surface area is 118 Å². The molecule has 100 valence electrons. The molecule has 0 saturated heterocycles. The van der Waals surface area contributed by atoms with Crippen LogP contribution in [0.25, 0.3) is 0 Å². The molecule has 0 radical (unpaired) electrons. The molecule has 0 heterocycles. The number of rotatable bonds is 5. The summed E-state index contributed by atoms with van der Waals surface area (Å²) in [6.07, 6.45) is 0.310. The Morgan fingerprint density at radius 1 is 1.16 bits per heavy atom. The van der Waals surface area contributed by atoms with Gasteiger partial charge in [0.05, 0.1) is 13.2 Å². The van der Waals surface area contributed by atoms with Crippen LogP contribution in [0.1, 0.15) is 25.0 Å². The summed E-state index contributed by atoms with van der Waals surface area (Å²) in [4.78, 5) is 2.19. The molecule has 0 fully saturated rings. The van der Waals surface area contributed by atoms with Crippen molar-refractivity contribution in [1.82, 2.24) is 0 Å². The fourth-order valence-corrected chi connectivity index (χ4v) is 2.90. The standard InChI is InChI=1S/C16H18O2S/c1-3-15(17)14-9-4-5-10-16(14)19-13-8-6-7-12(11-13)18-2/h4-11,15,17H,3H2,1-2H3/t15-/m1/s1. The van der Waals surface area contributed by atoms with Gasteiger partial charge in [-0.15, -0.1) is 0 Å². The highest BCUT2D eigenvalue weighted by atomic mass is 32.2. The van der Waals surface area contributed by atoms with E-state index in [-0.39, 0.29) is 0 Å². The van der Waals surface area contributed by atoms with Gasteiger partial charge in [0.15, 0.2) is 0 Å². The van der Waals surface area contributed by atoms with E-state index in [0.717, 1.165) is 27.5 Å². The summed E-state index contributed by atoms with van der Waals surface area (Å²) in [5.41, 5.74) is 0.984. The molecule has 0 aromatic heterocycles. The van der Waals surface area contributed by atoms with Crippen LogP contribution in [0.3, 0.4) is 0 Å². The average molecular weight is 274 g/mol. The zero-order valence-electron chi connectivity index (χ0n) is 11.2. The second-order valence-electron chi connectivity index (χ2n) is 4.24. The first-order chi connectivity index (χ1) is 9.24. The summed E-state index contributed by atoms with van der Waals surface area (Å²) in [5.74, 6) is 0.846. The SMILES string of the molecule is CC[C@@H](O)c1ccccc1Sc1cccc(OC)c1. The highest BCUT2D eigenvalue weighted by molar-refractivity contribution is 7.99. The van der Waals surface area contributed by atoms with Crippen molar-refractivity contribution in [3.05, 3.63) is 54.1 Å². The lowest BCUT2D eigenvalue weighted by molar-refractivity contribution is 0.171. The Morgan fingerprint density at radius 2 is 1.95 bits per heavy atom. The molecule has 0 amide bonds. The van der Waals surface area contributed by atoms with Gasteiger partial charge in [-0.3, -0.25) is 0 Å². The molecule has 1 N–H and O–H groups in total. The minimum atomic E-state index is -0.408. The van der Waals surface area contributed by atoms with E-state index in [1.165, 1.54) is 0 Å². The smallest absolute Gasteiger partial charge is 0.119 e. The molecule has 19 heavy (non-hydrogen) atoms. The van der Waals surface area contributed by atoms with Gasteiger partial charge in [-0.2, -0.15) is 0 Å². The Morgan fingerprint density at radius 3 is 2.68 bits per heavy atom. The Hall–Kier alpha value is -1.45. The van der Waals surface area contributed by atoms with E-state index in [2.05, 4.69) is 0 Å². The third-order valence-corrected chi connectivity index (χ3v) is 4.02. The van der Waals surface area contributed by atoms with E-state index < -0.39 is 6.10 Å². The number of hydrogen-bond acceptors (Lipinski definition) is 3. The summed E-state index contributed by atoms with van der Waals surface area (Å²) in [6, 6.07) is 15.9. The second-order valence-corrected chi connectivity index (χ2v) is 5.36. The van der Waals surface area contributed by atoms with E-state index in [0.29, 0.717) is 0 Å². The third-order valence-electron chi connectivity index (χ3n) is 2.93. The van der Waals surface area contributed by atoms with Crippen molar-refractivity contribution in [2.24, 2.45) is 0 Å². The van der Waals surface area contributed by atoms with Gasteiger partial charge in [0.2, 0.25) is 0 Å². The Balaban J connectivity index is 2.27. The van der Waals surface area contributed by atoms with Crippen LogP contribution in [0.4, 0.5) is 0 Å². The van der Waals surface area contributed by atoms with Crippen molar-refractivity contribution in [2.45, 2.75) is 29.2 Å². The molecule has 0 aliphatic heterocycles. The molecule has 2 aromatic rings. The van der Waals surface area contributed by atoms with E-state index in [4.69, 9.17) is 4.74 Å². The first-order valence-corrected chi connectivity index (χ1v) is 7.15. The number of ether oxygens (including phenoxy) is 1. The molecule has 0 bridgehead atoms. The van der Waals surface area contributed by atoms with Crippen LogP contribution in [0.2, 0.25) is 0 Å². The maximum absolute atomic E-state index is 10.1. The molecule has 0 spiro atoms. The first kappa shape index (κ1) is 14.0. The number of aliphatic hydroxyl groups excluding tert-OH is 1. The van der Waals surface area contributed by atoms with Crippen LogP contribution in [0.5, 0.6) is 5.75 Å². The highest BCUT2D eigenvalue weighted by Gasteiger charge is 2.11. The van der Waals surface area contributed by atoms with Gasteiger partial charge in [0.1, 0.15) is 5.75 Å². The fraction of sp³-hybridized carbons (Fsp3) is 0.250. The predicted octanol–water partition coefficient (Wildman–Crippen LogP) is 4.29. The van der Waals surface area contributed by atoms with Gasteiger partial charge >= 0.3 is 0 Å². The zero-order chi connectivity index (χ0) is 13.7. The van der Waals surface area contributed by atoms with E-state index in [1.807, 2.05) is 55.5 Å². The number of benzene rings is 2. The molecule has 0 aliphatic rings. The van der Waals surface area contributed by atoms with Crippen LogP contribution < -0.4 is 4.74 Å². The summed E-state index contributed by atoms with van der Waals surface area (Å²) >= 11 is 1.65. The van der Waals surface area contributed by atoms with Crippen molar-refractivity contribution >= 4 is 11.8 Å². The highest BCUT2D eigenvalue weighted by Crippen LogP contribution is 2.35. The topological polar surface area (TPSA) is 29.5 Å². The van der Waals surface area contributed by atoms with Crippen LogP contribution in [0.15, 0.2) is 58.3 Å². The summed E-state index contributed by atoms with van der Waals surface area (Å²) in [6.45, 7) is 1.98. The van der Waals surface area contributed by atoms with E-state index in [1.54, 1.807) is 18.9 Å². The molecular weight excluding hydrogens is 256 g/mol. The van der Waals surface area contributed by atoms with Gasteiger partial charge in [-0.1, -0.05) is 43.0 Å². The van der Waals surface area contributed by atoms with Crippen LogP contribution in [-0.4, -0.2) is 12.2 Å². The predicted molar refractivity (Wildman–Crippen MR) is 78.8 cm³/mol. The van der Waals surface area contributed by atoms with Gasteiger partial charge in [-0.25, -0.2) is 0 Å². The van der Waals surface area contributed by atoms with Crippen LogP contribution >= 0.6 is 11.8 Å². The average Bonchev–Trinajstić information content (AvgIpc) is 2.47. The number of hydrogen-bond donors (Lipinski definition) is 1. The van der Waals surface area contributed by atoms with E-state index >= 15 is 0 Å². The lowest BCUT2D eigenvalue weighted by Crippen LogP contribution is -1.97. The summed E-state index contributed by atoms with van der Waals surface area (Å²) in [5, 5.41) is 10.1. The lowest BCUT2D eigenvalue weighted by atomic mass is 10.1. The zero-order valence-corrected chi connectivity index (χ0v) is 12.0. The van der Waals surface area contributed by atoms with Gasteiger partial charge in [0, 0.05) is 9.79 Å². The van der Waals surface area contributed by atoms with E-state index in [9.17, 15) is 5.11 Å². The summed E-state index contributed by atoms with van der Waals surface area (Å²) in [7, 11) is 1.67. The van der Waals surface area contributed by atoms with Crippen molar-refractivity contribution in [2.75, 3.05) is 7.11 Å². The molecule has 2 nitrogen and oxygen atoms in total. The van der Waals surface area contributed by atoms with Gasteiger partial charge < -0.3 is 9.84 Å². The minimum absolute atomic E-state index is 0.408. The molecule has 3 heteroatoms. The maximum Gasteiger partial charge on any atom is 0.119 e. The lowest BCUT2D eigenvalue weighted by Gasteiger charge is -2.13. The number of methoxy groups -OCH3 is 1. The first-order valence-electron chi connectivity index (χ1n) is 6.33. The van der Waals surface area contributed by atoms with Crippen molar-refractivity contribution < 1.29 is 9.84 Å². The van der Waals surface area contributed by atoms with Crippen molar-refractivity contribution in [3.8, 4) is 5.75 Å². The van der Waals surface area contributed by atoms with Crippen molar-refractivity contribution in [1.29, 1.82) is 0 Å². The molecule has 0 aliphatic carbocycles. The van der Waals surface area contributed by atoms with Gasteiger partial charge in [0.25, 0.3) is 0 Å². The quantitative estimate of drug-likeness (QED) is 0.882. The summed E-state index contributed by atoms with van der Waals surface area (Å²) < 4.78 is 5.23. The molecule has 0 unspecified atom stereocenters. The minimum Gasteiger partial charge on any atom is -0.497 e. The maximum atomic E-state index is 10.1. The van der Waals surface area contributed by atoms with Crippen LogP contribution in [0, 0.1) is 0 Å². The normalized spacial score (nSPS) is 12.2. The Kier molecular flexibility index (Phi) is 4.88. The number of aliphatic hydroxyl groups is 1. The Bertz CT molecular complexity index is 540. The van der Waals surface area contributed by atoms with Crippen LogP contribution in [-0.2, 0) is 0 Å². The monoisotopic (exact) mass is 274 g/mol. The van der Waals surface area contributed by atoms with Gasteiger partial charge in [-0.05, 0) is 36.2 Å². The molecule has 1 atom stereocenters. The molecular formula is C16H18O2S. The molecule has 2 rings (SSSR count). The fourth-order valence-electron chi connectivity index (χ4n) is 1.86. The third kappa shape index (κ3) is 3.52. The molecule has 2 aromatic carbocycles.